The van der Waals surface area contributed by atoms with Crippen LogP contribution in [0.5, 0.6) is 0 Å². The van der Waals surface area contributed by atoms with Gasteiger partial charge in [0.2, 0.25) is 0 Å². The molecule has 0 bridgehead atoms. The van der Waals surface area contributed by atoms with Gasteiger partial charge in [-0.25, -0.2) is 0 Å². The van der Waals surface area contributed by atoms with Crippen LogP contribution in [-0.4, -0.2) is 25.3 Å². The molecule has 0 rings (SSSR count). The van der Waals surface area contributed by atoms with Crippen LogP contribution in [0.3, 0.4) is 0 Å². The van der Waals surface area contributed by atoms with Gasteiger partial charge in [-0.15, -0.1) is 0 Å². The van der Waals surface area contributed by atoms with E-state index in [0.717, 1.165) is 0 Å². The molecule has 0 heterocycles. The predicted molar refractivity (Wildman–Crippen MR) is 26.6 cm³/mol. The first-order valence-electron chi connectivity index (χ1n) is 1.71. The number of hydrogen-bond donors (Lipinski definition) is 2. The van der Waals surface area contributed by atoms with E-state index in [1.54, 1.807) is 0 Å². The second kappa shape index (κ2) is 5.69. The fourth-order valence-electron chi connectivity index (χ4n) is 0.149. The molecular weight excluding hydrogens is 251 g/mol. The number of hydrogen-bond acceptors (Lipinski definition) is 3. The average molecular weight is 259 g/mol. The van der Waals surface area contributed by atoms with Crippen LogP contribution in [0.4, 0.5) is 0 Å². The van der Waals surface area contributed by atoms with Gasteiger partial charge in [-0.05, 0) is 0 Å². The molecule has 0 saturated heterocycles. The molecule has 0 aliphatic rings. The van der Waals surface area contributed by atoms with Crippen LogP contribution < -0.4 is 74.6 Å². The molecule has 0 unspecified atom stereocenters. The SMILES string of the molecule is NCCS(=O)(=O)O.[Cs+].[H-]. The summed E-state index contributed by atoms with van der Waals surface area (Å²) in [5, 5.41) is 0. The van der Waals surface area contributed by atoms with Gasteiger partial charge < -0.3 is 7.16 Å². The molecule has 8 heavy (non-hydrogen) atoms. The molecule has 0 aliphatic carbocycles. The molecule has 0 aromatic carbocycles. The molecule has 0 atom stereocenters. The molecule has 6 heteroatoms. The van der Waals surface area contributed by atoms with E-state index in [1.807, 2.05) is 0 Å². The molecule has 0 aromatic heterocycles. The molecule has 0 saturated carbocycles. The molecule has 0 aliphatic heterocycles. The van der Waals surface area contributed by atoms with Crippen molar-refractivity contribution in [1.29, 1.82) is 0 Å². The third-order valence-electron chi connectivity index (χ3n) is 0.376. The quantitative estimate of drug-likeness (QED) is 0.495. The maximum absolute atomic E-state index is 9.71. The molecule has 0 radical (unpaired) electrons. The Morgan fingerprint density at radius 3 is 2.00 bits per heavy atom. The van der Waals surface area contributed by atoms with E-state index >= 15 is 0 Å². The van der Waals surface area contributed by atoms with Gasteiger partial charge in [-0.2, -0.15) is 8.42 Å². The summed E-state index contributed by atoms with van der Waals surface area (Å²) in [4.78, 5) is 0. The van der Waals surface area contributed by atoms with E-state index < -0.39 is 10.1 Å². The van der Waals surface area contributed by atoms with E-state index in [0.29, 0.717) is 0 Å². The maximum atomic E-state index is 9.71. The Morgan fingerprint density at radius 1 is 1.62 bits per heavy atom. The summed E-state index contributed by atoms with van der Waals surface area (Å²) in [6, 6.07) is 0. The minimum Gasteiger partial charge on any atom is -1.00 e. The van der Waals surface area contributed by atoms with Crippen molar-refractivity contribution in [3.63, 3.8) is 0 Å². The average Bonchev–Trinajstić information content (AvgIpc) is 1.30. The Kier molecular flexibility index (Phi) is 8.95. The minimum absolute atomic E-state index is 0. The Morgan fingerprint density at radius 2 is 2.00 bits per heavy atom. The molecule has 0 spiro atoms. The van der Waals surface area contributed by atoms with Crippen molar-refractivity contribution in [2.75, 3.05) is 12.3 Å². The Labute approximate surface area is 109 Å². The van der Waals surface area contributed by atoms with Crippen LogP contribution in [0.1, 0.15) is 1.43 Å². The zero-order valence-corrected chi connectivity index (χ0v) is 11.8. The fraction of sp³-hybridized carbons (Fsp3) is 1.00. The standard InChI is InChI=1S/C2H7NO3S.Cs.H/c3-1-2-7(4,5)6;;/h1-3H2,(H,4,5,6);;/q;+1;-1. The normalized spacial score (nSPS) is 10.2. The van der Waals surface area contributed by atoms with Crippen LogP contribution in [0.2, 0.25) is 0 Å². The maximum Gasteiger partial charge on any atom is 1.00 e. The van der Waals surface area contributed by atoms with Gasteiger partial charge in [0.05, 0.1) is 5.75 Å². The van der Waals surface area contributed by atoms with Gasteiger partial charge in [0.1, 0.15) is 0 Å². The predicted octanol–water partition coefficient (Wildman–Crippen LogP) is -4.05. The third-order valence-corrected chi connectivity index (χ3v) is 1.13. The van der Waals surface area contributed by atoms with Crippen molar-refractivity contribution in [2.24, 2.45) is 5.73 Å². The number of rotatable bonds is 2. The molecule has 46 valence electrons. The first kappa shape index (κ1) is 12.6. The van der Waals surface area contributed by atoms with Crippen molar-refractivity contribution >= 4 is 10.1 Å². The van der Waals surface area contributed by atoms with Crippen LogP contribution in [0.25, 0.3) is 0 Å². The summed E-state index contributed by atoms with van der Waals surface area (Å²) in [6.07, 6.45) is 0. The Bertz CT molecular complexity index is 135. The van der Waals surface area contributed by atoms with Crippen LogP contribution >= 0.6 is 0 Å². The zero-order valence-electron chi connectivity index (χ0n) is 5.66. The summed E-state index contributed by atoms with van der Waals surface area (Å²) >= 11 is 0. The van der Waals surface area contributed by atoms with Crippen molar-refractivity contribution in [3.05, 3.63) is 0 Å². The molecule has 0 aromatic rings. The van der Waals surface area contributed by atoms with Gasteiger partial charge in [-0.1, -0.05) is 0 Å². The first-order chi connectivity index (χ1) is 3.06. The minimum atomic E-state index is -3.80. The van der Waals surface area contributed by atoms with Crippen molar-refractivity contribution in [3.8, 4) is 0 Å². The van der Waals surface area contributed by atoms with Gasteiger partial charge in [0.25, 0.3) is 10.1 Å². The topological polar surface area (TPSA) is 80.4 Å². The van der Waals surface area contributed by atoms with Gasteiger partial charge in [-0.3, -0.25) is 4.55 Å². The fourth-order valence-corrected chi connectivity index (χ4v) is 0.447. The summed E-state index contributed by atoms with van der Waals surface area (Å²) in [6.45, 7) is -0.0289. The van der Waals surface area contributed by atoms with Crippen molar-refractivity contribution in [1.82, 2.24) is 0 Å². The van der Waals surface area contributed by atoms with Crippen molar-refractivity contribution in [2.45, 2.75) is 0 Å². The van der Waals surface area contributed by atoms with Crippen LogP contribution in [0.15, 0.2) is 0 Å². The first-order valence-corrected chi connectivity index (χ1v) is 3.32. The zero-order chi connectivity index (χ0) is 5.91. The Hall–Kier alpha value is 1.92. The van der Waals surface area contributed by atoms with Gasteiger partial charge >= 0.3 is 68.9 Å². The monoisotopic (exact) mass is 259 g/mol. The van der Waals surface area contributed by atoms with Gasteiger partial charge in [0.15, 0.2) is 0 Å². The molecular formula is C2H8CsNO3S. The summed E-state index contributed by atoms with van der Waals surface area (Å²) in [5.41, 5.74) is 4.78. The summed E-state index contributed by atoms with van der Waals surface area (Å²) < 4.78 is 27.3. The summed E-state index contributed by atoms with van der Waals surface area (Å²) in [7, 11) is -3.80. The van der Waals surface area contributed by atoms with E-state index in [2.05, 4.69) is 0 Å². The van der Waals surface area contributed by atoms with E-state index in [-0.39, 0.29) is 82.6 Å². The van der Waals surface area contributed by atoms with Crippen LogP contribution in [-0.2, 0) is 10.1 Å². The molecule has 3 N–H and O–H groups in total. The van der Waals surface area contributed by atoms with Gasteiger partial charge in [0, 0.05) is 6.54 Å². The van der Waals surface area contributed by atoms with Crippen LogP contribution in [0, 0.1) is 0 Å². The summed E-state index contributed by atoms with van der Waals surface area (Å²) in [5.74, 6) is -0.354. The second-order valence-electron chi connectivity index (χ2n) is 1.07. The second-order valence-corrected chi connectivity index (χ2v) is 2.65. The molecule has 0 fully saturated rings. The molecule has 4 nitrogen and oxygen atoms in total. The van der Waals surface area contributed by atoms with E-state index in [4.69, 9.17) is 10.3 Å². The third kappa shape index (κ3) is 10.8. The van der Waals surface area contributed by atoms with Crippen molar-refractivity contribution < 1.29 is 83.3 Å². The van der Waals surface area contributed by atoms with E-state index in [1.165, 1.54) is 0 Å². The van der Waals surface area contributed by atoms with E-state index in [9.17, 15) is 8.42 Å². The Balaban J connectivity index is -0.000000180. The smallest absolute Gasteiger partial charge is 1.00 e. The molecule has 0 amide bonds. The largest absolute Gasteiger partial charge is 1.00 e. The number of nitrogens with two attached hydrogens (primary N) is 1.